The van der Waals surface area contributed by atoms with E-state index in [1.165, 1.54) is 11.3 Å². The Balaban J connectivity index is 1.67. The molecule has 3 N–H and O–H groups in total. The molecule has 0 aliphatic carbocycles. The number of anilines is 2. The Labute approximate surface area is 200 Å². The van der Waals surface area contributed by atoms with Crippen molar-refractivity contribution in [2.24, 2.45) is 5.92 Å². The maximum Gasteiger partial charge on any atom is 0.319 e. The van der Waals surface area contributed by atoms with E-state index in [0.29, 0.717) is 15.8 Å². The number of rotatable bonds is 8. The van der Waals surface area contributed by atoms with E-state index in [4.69, 9.17) is 0 Å². The fourth-order valence-corrected chi connectivity index (χ4v) is 4.22. The summed E-state index contributed by atoms with van der Waals surface area (Å²) in [5.41, 5.74) is 2.71. The highest BCUT2D eigenvalue weighted by molar-refractivity contribution is 9.10. The Bertz CT molecular complexity index is 1090. The fraction of sp³-hybridized carbons (Fsp3) is 0.304. The summed E-state index contributed by atoms with van der Waals surface area (Å²) in [6.45, 7) is 5.96. The summed E-state index contributed by atoms with van der Waals surface area (Å²) in [5, 5.41) is 17.8. The van der Waals surface area contributed by atoms with Crippen LogP contribution in [0.3, 0.4) is 0 Å². The van der Waals surface area contributed by atoms with Gasteiger partial charge in [-0.2, -0.15) is 0 Å². The summed E-state index contributed by atoms with van der Waals surface area (Å²) in [5.74, 6) is -0.394. The van der Waals surface area contributed by atoms with Gasteiger partial charge in [-0.05, 0) is 42.2 Å². The number of benzene rings is 2. The second-order valence-corrected chi connectivity index (χ2v) is 9.32. The van der Waals surface area contributed by atoms with Crippen molar-refractivity contribution in [2.45, 2.75) is 39.7 Å². The number of urea groups is 1. The smallest absolute Gasteiger partial charge is 0.319 e. The first-order valence-electron chi connectivity index (χ1n) is 10.5. The van der Waals surface area contributed by atoms with Crippen molar-refractivity contribution in [3.8, 4) is 10.6 Å². The predicted molar refractivity (Wildman–Crippen MR) is 133 cm³/mol. The number of amides is 3. The van der Waals surface area contributed by atoms with Crippen molar-refractivity contribution in [3.63, 3.8) is 0 Å². The number of aromatic nitrogens is 2. The zero-order chi connectivity index (χ0) is 23.1. The van der Waals surface area contributed by atoms with Crippen LogP contribution in [0.2, 0.25) is 0 Å². The average molecular weight is 516 g/mol. The molecule has 9 heteroatoms. The lowest BCUT2D eigenvalue weighted by Crippen LogP contribution is -2.49. The van der Waals surface area contributed by atoms with Crippen LogP contribution in [0.1, 0.15) is 32.8 Å². The number of hydrogen-bond donors (Lipinski definition) is 3. The van der Waals surface area contributed by atoms with Crippen molar-refractivity contribution < 1.29 is 9.59 Å². The van der Waals surface area contributed by atoms with E-state index in [0.717, 1.165) is 28.4 Å². The Hall–Kier alpha value is -2.78. The first-order valence-corrected chi connectivity index (χ1v) is 12.1. The van der Waals surface area contributed by atoms with Crippen LogP contribution < -0.4 is 16.0 Å². The van der Waals surface area contributed by atoms with E-state index in [-0.39, 0.29) is 11.8 Å². The number of carbonyl (C=O) groups is 2. The van der Waals surface area contributed by atoms with Crippen LogP contribution in [-0.2, 0) is 11.2 Å². The topological polar surface area (TPSA) is 96.0 Å². The Morgan fingerprint density at radius 3 is 2.56 bits per heavy atom. The van der Waals surface area contributed by atoms with Crippen molar-refractivity contribution in [1.82, 2.24) is 15.5 Å². The molecule has 2 unspecified atom stereocenters. The molecule has 1 aromatic heterocycles. The molecule has 1 heterocycles. The molecule has 32 heavy (non-hydrogen) atoms. The Kier molecular flexibility index (Phi) is 8.35. The molecular formula is C23H26BrN5O2S. The maximum absolute atomic E-state index is 13.0. The van der Waals surface area contributed by atoms with Crippen LogP contribution >= 0.6 is 27.3 Å². The van der Waals surface area contributed by atoms with Crippen molar-refractivity contribution in [1.29, 1.82) is 0 Å². The fourth-order valence-electron chi connectivity index (χ4n) is 3.07. The Morgan fingerprint density at radius 2 is 1.84 bits per heavy atom. The van der Waals surface area contributed by atoms with E-state index < -0.39 is 12.1 Å². The summed E-state index contributed by atoms with van der Waals surface area (Å²) in [6, 6.07) is 14.2. The summed E-state index contributed by atoms with van der Waals surface area (Å²) in [6.07, 6.45) is 1.60. The first-order chi connectivity index (χ1) is 15.4. The Morgan fingerprint density at radius 1 is 1.06 bits per heavy atom. The van der Waals surface area contributed by atoms with Crippen molar-refractivity contribution in [2.75, 3.05) is 10.6 Å². The van der Waals surface area contributed by atoms with Gasteiger partial charge >= 0.3 is 6.03 Å². The zero-order valence-electron chi connectivity index (χ0n) is 18.2. The maximum atomic E-state index is 13.0. The van der Waals surface area contributed by atoms with Gasteiger partial charge in [-0.25, -0.2) is 4.79 Å². The van der Waals surface area contributed by atoms with Gasteiger partial charge in [-0.3, -0.25) is 10.1 Å². The second kappa shape index (κ2) is 11.2. The predicted octanol–water partition coefficient (Wildman–Crippen LogP) is 5.70. The highest BCUT2D eigenvalue weighted by Gasteiger charge is 2.27. The van der Waals surface area contributed by atoms with E-state index >= 15 is 0 Å². The van der Waals surface area contributed by atoms with E-state index in [1.807, 2.05) is 62.4 Å². The molecule has 168 valence electrons. The molecule has 0 fully saturated rings. The van der Waals surface area contributed by atoms with E-state index in [1.54, 1.807) is 0 Å². The number of aryl methyl sites for hydroxylation is 1. The molecule has 0 saturated carbocycles. The van der Waals surface area contributed by atoms with Gasteiger partial charge in [-0.15, -0.1) is 10.2 Å². The summed E-state index contributed by atoms with van der Waals surface area (Å²) in [4.78, 5) is 25.6. The third-order valence-corrected chi connectivity index (χ3v) is 6.48. The lowest BCUT2D eigenvalue weighted by atomic mass is 9.98. The van der Waals surface area contributed by atoms with Crippen molar-refractivity contribution >= 4 is 50.0 Å². The molecule has 7 nitrogen and oxygen atoms in total. The SMILES string of the molecule is CCc1cccc(NC(=O)NC(C(=O)Nc2nnc(-c3cccc(Br)c3)s2)C(C)CC)c1. The molecule has 0 radical (unpaired) electrons. The van der Waals surface area contributed by atoms with Gasteiger partial charge in [0, 0.05) is 15.7 Å². The first kappa shape index (κ1) is 23.9. The van der Waals surface area contributed by atoms with Crippen LogP contribution in [-0.4, -0.2) is 28.2 Å². The molecule has 0 saturated heterocycles. The van der Waals surface area contributed by atoms with Crippen LogP contribution in [0.15, 0.2) is 53.0 Å². The zero-order valence-corrected chi connectivity index (χ0v) is 20.6. The van der Waals surface area contributed by atoms with Gasteiger partial charge in [0.25, 0.3) is 0 Å². The normalized spacial score (nSPS) is 12.6. The lowest BCUT2D eigenvalue weighted by molar-refractivity contribution is -0.119. The minimum absolute atomic E-state index is 0.0693. The molecule has 0 aliphatic rings. The van der Waals surface area contributed by atoms with E-state index in [2.05, 4.69) is 49.0 Å². The minimum atomic E-state index is -0.715. The molecule has 0 aliphatic heterocycles. The number of carbonyl (C=O) groups excluding carboxylic acids is 2. The minimum Gasteiger partial charge on any atom is -0.326 e. The molecule has 0 spiro atoms. The molecular weight excluding hydrogens is 490 g/mol. The molecule has 2 aromatic carbocycles. The summed E-state index contributed by atoms with van der Waals surface area (Å²) < 4.78 is 0.937. The molecule has 2 atom stereocenters. The van der Waals surface area contributed by atoms with Crippen LogP contribution in [0, 0.1) is 5.92 Å². The van der Waals surface area contributed by atoms with E-state index in [9.17, 15) is 9.59 Å². The molecule has 3 aromatic rings. The number of nitrogens with zero attached hydrogens (tertiary/aromatic N) is 2. The average Bonchev–Trinajstić information content (AvgIpc) is 3.25. The highest BCUT2D eigenvalue weighted by Crippen LogP contribution is 2.28. The number of hydrogen-bond acceptors (Lipinski definition) is 5. The van der Waals surface area contributed by atoms with Gasteiger partial charge < -0.3 is 10.6 Å². The van der Waals surface area contributed by atoms with Gasteiger partial charge in [0.2, 0.25) is 11.0 Å². The van der Waals surface area contributed by atoms with Gasteiger partial charge in [0.15, 0.2) is 0 Å². The third-order valence-electron chi connectivity index (χ3n) is 5.10. The summed E-state index contributed by atoms with van der Waals surface area (Å²) in [7, 11) is 0. The number of nitrogens with one attached hydrogen (secondary N) is 3. The van der Waals surface area contributed by atoms with Gasteiger partial charge in [-0.1, -0.05) is 78.7 Å². The molecule has 3 amide bonds. The van der Waals surface area contributed by atoms with Crippen LogP contribution in [0.25, 0.3) is 10.6 Å². The second-order valence-electron chi connectivity index (χ2n) is 7.43. The summed E-state index contributed by atoms with van der Waals surface area (Å²) >= 11 is 4.73. The monoisotopic (exact) mass is 515 g/mol. The standard InChI is InChI=1S/C23H26BrN5O2S/c1-4-14(3)19(26-22(31)25-18-11-6-8-15(5-2)12-18)20(30)27-23-29-28-21(32-23)16-9-7-10-17(24)13-16/h6-14,19H,4-5H2,1-3H3,(H2,25,26,31)(H,27,29,30). The highest BCUT2D eigenvalue weighted by atomic mass is 79.9. The largest absolute Gasteiger partial charge is 0.326 e. The van der Waals surface area contributed by atoms with Crippen LogP contribution in [0.5, 0.6) is 0 Å². The third kappa shape index (κ3) is 6.37. The van der Waals surface area contributed by atoms with Crippen molar-refractivity contribution in [3.05, 3.63) is 58.6 Å². The molecule has 3 rings (SSSR count). The van der Waals surface area contributed by atoms with Gasteiger partial charge in [0.05, 0.1) is 0 Å². The van der Waals surface area contributed by atoms with Gasteiger partial charge in [0.1, 0.15) is 11.0 Å². The number of halogens is 1. The lowest BCUT2D eigenvalue weighted by Gasteiger charge is -2.23. The molecule has 0 bridgehead atoms. The van der Waals surface area contributed by atoms with Crippen LogP contribution in [0.4, 0.5) is 15.6 Å². The quantitative estimate of drug-likeness (QED) is 0.358.